The van der Waals surface area contributed by atoms with E-state index in [0.717, 1.165) is 29.8 Å². The first kappa shape index (κ1) is 53.7. The van der Waals surface area contributed by atoms with Gasteiger partial charge in [0.2, 0.25) is 5.95 Å². The Morgan fingerprint density at radius 1 is 0.611 bits per heavy atom. The number of anilines is 4. The molecule has 0 spiro atoms. The molecule has 72 heavy (non-hydrogen) atoms. The minimum Gasteiger partial charge on any atom is -0.488 e. The minimum atomic E-state index is -0.495. The predicted octanol–water partition coefficient (Wildman–Crippen LogP) is 9.56. The highest BCUT2D eigenvalue weighted by Crippen LogP contribution is 2.25. The first-order valence-corrected chi connectivity index (χ1v) is 25.1. The van der Waals surface area contributed by atoms with Gasteiger partial charge in [-0.3, -0.25) is 28.1 Å². The van der Waals surface area contributed by atoms with Crippen LogP contribution in [0.4, 0.5) is 27.4 Å². The summed E-state index contributed by atoms with van der Waals surface area (Å²) < 4.78 is 36.0. The molecular weight excluding hydrogens is 1050 g/mol. The molecule has 2 aliphatic rings. The van der Waals surface area contributed by atoms with Crippen LogP contribution in [0.25, 0.3) is 0 Å². The third kappa shape index (κ3) is 14.5. The van der Waals surface area contributed by atoms with Gasteiger partial charge in [-0.15, -0.1) is 0 Å². The number of aromatic nitrogens is 6. The predicted molar refractivity (Wildman–Crippen MR) is 286 cm³/mol. The third-order valence-corrected chi connectivity index (χ3v) is 12.8. The van der Waals surface area contributed by atoms with Crippen molar-refractivity contribution in [3.8, 4) is 5.75 Å². The Balaban J connectivity index is 0.000000169. The van der Waals surface area contributed by atoms with Gasteiger partial charge in [-0.2, -0.15) is 0 Å². The van der Waals surface area contributed by atoms with E-state index in [1.165, 1.54) is 12.3 Å². The summed E-state index contributed by atoms with van der Waals surface area (Å²) in [6.45, 7) is 13.7. The van der Waals surface area contributed by atoms with E-state index in [-0.39, 0.29) is 35.1 Å². The molecule has 0 aliphatic carbocycles. The first-order valence-electron chi connectivity index (χ1n) is 23.1. The van der Waals surface area contributed by atoms with Crippen molar-refractivity contribution in [3.05, 3.63) is 194 Å². The van der Waals surface area contributed by atoms with Crippen molar-refractivity contribution >= 4 is 73.7 Å². The van der Waals surface area contributed by atoms with Crippen molar-refractivity contribution in [1.29, 1.82) is 0 Å². The molecule has 0 bridgehead atoms. The Hall–Kier alpha value is -6.08. The Morgan fingerprint density at radius 3 is 1.49 bits per heavy atom. The number of ether oxygens (including phenoxy) is 3. The van der Waals surface area contributed by atoms with E-state index in [4.69, 9.17) is 49.0 Å². The average Bonchev–Trinajstić information content (AvgIpc) is 3.37. The molecular formula is C52H54BrCl3FN9O6. The molecule has 7 aromatic rings. The van der Waals surface area contributed by atoms with Gasteiger partial charge in [0.1, 0.15) is 27.5 Å². The van der Waals surface area contributed by atoms with E-state index in [2.05, 4.69) is 36.2 Å². The van der Waals surface area contributed by atoms with E-state index >= 15 is 0 Å². The quantitative estimate of drug-likeness (QED) is 0.124. The van der Waals surface area contributed by atoms with Crippen molar-refractivity contribution in [2.24, 2.45) is 0 Å². The maximum Gasteiger partial charge on any atom is 0.278 e. The van der Waals surface area contributed by atoms with Crippen molar-refractivity contribution < 1.29 is 18.6 Å². The van der Waals surface area contributed by atoms with Crippen LogP contribution in [-0.2, 0) is 29.1 Å². The SMILES string of the molecule is CC(C)Oc1ccc(Nc2ncc(N3CCOCC3)c(=O)n2Cc2ccc(Cl)cc2)cc1F.Cc1ncc(Br)c(=O)n1Cc1ccc(Cl)cc1.Cc1ncc(N2CCOCC2)c(=O)n1Cc1ccc(Cl)cc1. The van der Waals surface area contributed by atoms with Crippen LogP contribution in [0.15, 0.2) is 128 Å². The van der Waals surface area contributed by atoms with Gasteiger partial charge in [0.15, 0.2) is 11.6 Å². The second-order valence-electron chi connectivity index (χ2n) is 17.0. The molecule has 2 fully saturated rings. The topological polar surface area (TPSA) is 151 Å². The second kappa shape index (κ2) is 25.5. The molecule has 3 aromatic heterocycles. The van der Waals surface area contributed by atoms with Gasteiger partial charge in [-0.05, 0) is 109 Å². The highest BCUT2D eigenvalue weighted by molar-refractivity contribution is 9.10. The fourth-order valence-electron chi connectivity index (χ4n) is 7.63. The zero-order valence-corrected chi connectivity index (χ0v) is 44.0. The van der Waals surface area contributed by atoms with Crippen LogP contribution in [0.1, 0.15) is 42.2 Å². The van der Waals surface area contributed by atoms with Crippen molar-refractivity contribution in [2.45, 2.75) is 53.4 Å². The summed E-state index contributed by atoms with van der Waals surface area (Å²) in [4.78, 5) is 55.2. The largest absolute Gasteiger partial charge is 0.488 e. The highest BCUT2D eigenvalue weighted by atomic mass is 79.9. The lowest BCUT2D eigenvalue weighted by atomic mass is 10.2. The summed E-state index contributed by atoms with van der Waals surface area (Å²) in [5.41, 5.74) is 4.25. The van der Waals surface area contributed by atoms with Gasteiger partial charge in [-0.25, -0.2) is 19.3 Å². The fourth-order valence-corrected chi connectivity index (χ4v) is 8.33. The Bertz CT molecular complexity index is 3110. The van der Waals surface area contributed by atoms with E-state index in [0.29, 0.717) is 107 Å². The minimum absolute atomic E-state index is 0.00986. The summed E-state index contributed by atoms with van der Waals surface area (Å²) in [6, 6.07) is 26.8. The van der Waals surface area contributed by atoms with E-state index in [1.807, 2.05) is 98.2 Å². The fraction of sp³-hybridized carbons (Fsp3) is 0.308. The van der Waals surface area contributed by atoms with Crippen molar-refractivity contribution in [2.75, 3.05) is 67.7 Å². The van der Waals surface area contributed by atoms with Gasteiger partial charge in [0.05, 0.1) is 64.6 Å². The molecule has 0 amide bonds. The van der Waals surface area contributed by atoms with Crippen LogP contribution in [-0.4, -0.2) is 87.4 Å². The number of hydrogen-bond acceptors (Lipinski definition) is 12. The number of hydrogen-bond donors (Lipinski definition) is 1. The lowest BCUT2D eigenvalue weighted by molar-refractivity contribution is 0.122. The summed E-state index contributed by atoms with van der Waals surface area (Å²) >= 11 is 20.9. The van der Waals surface area contributed by atoms with Gasteiger partial charge in [-0.1, -0.05) is 71.2 Å². The molecule has 4 aromatic carbocycles. The van der Waals surface area contributed by atoms with Gasteiger partial charge < -0.3 is 29.3 Å². The first-order chi connectivity index (χ1) is 34.6. The Labute approximate surface area is 439 Å². The molecule has 9 rings (SSSR count). The molecule has 0 radical (unpaired) electrons. The number of nitrogens with one attached hydrogen (secondary N) is 1. The monoisotopic (exact) mass is 1100 g/mol. The van der Waals surface area contributed by atoms with Crippen molar-refractivity contribution in [1.82, 2.24) is 28.7 Å². The molecule has 2 aliphatic heterocycles. The molecule has 0 atom stereocenters. The maximum atomic E-state index is 14.5. The number of morpholine rings is 2. The zero-order chi connectivity index (χ0) is 51.3. The average molecular weight is 1110 g/mol. The summed E-state index contributed by atoms with van der Waals surface area (Å²) in [5, 5.41) is 5.07. The van der Waals surface area contributed by atoms with E-state index < -0.39 is 5.82 Å². The van der Waals surface area contributed by atoms with Gasteiger partial charge in [0.25, 0.3) is 16.7 Å². The molecule has 378 valence electrons. The second-order valence-corrected chi connectivity index (χ2v) is 19.2. The van der Waals surface area contributed by atoms with Gasteiger partial charge >= 0.3 is 0 Å². The van der Waals surface area contributed by atoms with Crippen molar-refractivity contribution in [3.63, 3.8) is 0 Å². The third-order valence-electron chi connectivity index (χ3n) is 11.5. The van der Waals surface area contributed by atoms with Crippen LogP contribution in [0.3, 0.4) is 0 Å². The smallest absolute Gasteiger partial charge is 0.278 e. The normalized spacial score (nSPS) is 13.5. The van der Waals surface area contributed by atoms with Crippen LogP contribution in [0.5, 0.6) is 5.75 Å². The van der Waals surface area contributed by atoms with Crippen LogP contribution < -0.4 is 36.5 Å². The molecule has 1 N–H and O–H groups in total. The number of nitrogens with zero attached hydrogens (tertiary/aromatic N) is 8. The highest BCUT2D eigenvalue weighted by Gasteiger charge is 2.20. The number of halogens is 5. The lowest BCUT2D eigenvalue weighted by Crippen LogP contribution is -2.41. The van der Waals surface area contributed by atoms with Gasteiger partial charge in [0, 0.05) is 59.2 Å². The molecule has 5 heterocycles. The van der Waals surface area contributed by atoms with E-state index in [1.54, 1.807) is 50.4 Å². The summed E-state index contributed by atoms with van der Waals surface area (Å²) in [6.07, 6.45) is 4.61. The molecule has 15 nitrogen and oxygen atoms in total. The molecule has 0 saturated carbocycles. The van der Waals surface area contributed by atoms with Crippen LogP contribution in [0.2, 0.25) is 15.1 Å². The van der Waals surface area contributed by atoms with E-state index in [9.17, 15) is 18.8 Å². The number of rotatable bonds is 12. The van der Waals surface area contributed by atoms with Crippen LogP contribution >= 0.6 is 50.7 Å². The zero-order valence-electron chi connectivity index (χ0n) is 40.2. The maximum absolute atomic E-state index is 14.5. The summed E-state index contributed by atoms with van der Waals surface area (Å²) in [7, 11) is 0. The molecule has 2 saturated heterocycles. The summed E-state index contributed by atoms with van der Waals surface area (Å²) in [5.74, 6) is 1.38. The standard InChI is InChI=1S/C24H26ClFN4O3.C16H18ClN3O2.C12H10BrClN2O/c1-16(2)33-22-8-7-19(13-20(22)26)28-24-27-14-21(29-9-11-32-12-10-29)23(31)30(24)15-17-3-5-18(25)6-4-17;1-12-18-10-15(19-6-8-22-9-7-19)16(21)20(12)11-13-2-4-14(17)5-3-13;1-8-15-6-11(13)12(17)16(8)7-9-2-4-10(14)5-3-9/h3-8,13-14,16H,9-12,15H2,1-2H3,(H,27,28);2-5,10H,6-9,11H2,1H3;2-6H,7H2,1H3. The Morgan fingerprint density at radius 2 is 1.03 bits per heavy atom. The number of aryl methyl sites for hydroxylation is 2. The number of benzene rings is 4. The molecule has 20 heteroatoms. The Kier molecular flexibility index (Phi) is 19.0. The molecule has 0 unspecified atom stereocenters. The lowest BCUT2D eigenvalue weighted by Gasteiger charge is -2.28. The van der Waals surface area contributed by atoms with Crippen LogP contribution in [0, 0.1) is 19.7 Å².